The molecule has 0 aliphatic carbocycles. The molecule has 0 unspecified atom stereocenters. The van der Waals surface area contributed by atoms with Crippen LogP contribution in [0, 0.1) is 6.92 Å². The first-order chi connectivity index (χ1) is 8.25. The van der Waals surface area contributed by atoms with Gasteiger partial charge in [-0.05, 0) is 30.7 Å². The zero-order chi connectivity index (χ0) is 12.1. The summed E-state index contributed by atoms with van der Waals surface area (Å²) in [6.07, 6.45) is 5.18. The molecule has 2 aromatic rings. The second kappa shape index (κ2) is 5.46. The van der Waals surface area contributed by atoms with Gasteiger partial charge in [0.2, 0.25) is 0 Å². The van der Waals surface area contributed by atoms with Crippen molar-refractivity contribution in [2.45, 2.75) is 6.92 Å². The minimum absolute atomic E-state index is 0.728. The second-order valence-electron chi connectivity index (χ2n) is 3.62. The van der Waals surface area contributed by atoms with Crippen LogP contribution in [0.2, 0.25) is 5.02 Å². The summed E-state index contributed by atoms with van der Waals surface area (Å²) in [5.41, 5.74) is 5.77. The standard InChI is InChI=1S/C13H12ClN3/c1-10-4-5-12(7-13(10)14)17-16-9-11-3-2-6-15-8-11/h2-9,17H,1H3/b16-9+. The predicted octanol–water partition coefficient (Wildman–Crippen LogP) is 3.49. The normalized spacial score (nSPS) is 10.7. The summed E-state index contributed by atoms with van der Waals surface area (Å²) in [5.74, 6) is 0. The third-order valence-corrected chi connectivity index (χ3v) is 2.67. The van der Waals surface area contributed by atoms with Crippen LogP contribution in [0.4, 0.5) is 5.69 Å². The highest BCUT2D eigenvalue weighted by Gasteiger charge is 1.95. The molecular weight excluding hydrogens is 234 g/mol. The first-order valence-electron chi connectivity index (χ1n) is 5.21. The summed E-state index contributed by atoms with van der Waals surface area (Å²) >= 11 is 6.01. The third kappa shape index (κ3) is 3.29. The number of nitrogens with one attached hydrogen (secondary N) is 1. The van der Waals surface area contributed by atoms with Crippen LogP contribution in [0.15, 0.2) is 47.8 Å². The van der Waals surface area contributed by atoms with E-state index in [1.807, 2.05) is 37.3 Å². The molecule has 0 aliphatic heterocycles. The number of benzene rings is 1. The number of pyridine rings is 1. The molecule has 1 N–H and O–H groups in total. The Bertz CT molecular complexity index is 523. The Morgan fingerprint density at radius 3 is 2.94 bits per heavy atom. The Hall–Kier alpha value is -1.87. The molecule has 0 saturated carbocycles. The van der Waals surface area contributed by atoms with E-state index in [2.05, 4.69) is 15.5 Å². The van der Waals surface area contributed by atoms with Crippen LogP contribution in [0.25, 0.3) is 0 Å². The number of hydrogen-bond donors (Lipinski definition) is 1. The first-order valence-corrected chi connectivity index (χ1v) is 5.59. The van der Waals surface area contributed by atoms with Gasteiger partial charge >= 0.3 is 0 Å². The van der Waals surface area contributed by atoms with Crippen molar-refractivity contribution in [3.05, 3.63) is 58.9 Å². The van der Waals surface area contributed by atoms with Gasteiger partial charge in [-0.2, -0.15) is 5.10 Å². The lowest BCUT2D eigenvalue weighted by molar-refractivity contribution is 1.30. The fourth-order valence-corrected chi connectivity index (χ4v) is 1.48. The number of aryl methyl sites for hydroxylation is 1. The first kappa shape index (κ1) is 11.6. The Morgan fingerprint density at radius 1 is 1.35 bits per heavy atom. The molecule has 2 rings (SSSR count). The van der Waals surface area contributed by atoms with Gasteiger partial charge in [0, 0.05) is 23.0 Å². The van der Waals surface area contributed by atoms with Crippen LogP contribution in [0.5, 0.6) is 0 Å². The quantitative estimate of drug-likeness (QED) is 0.664. The summed E-state index contributed by atoms with van der Waals surface area (Å²) in [5, 5.41) is 4.84. The molecule has 0 saturated heterocycles. The van der Waals surface area contributed by atoms with Crippen molar-refractivity contribution < 1.29 is 0 Å². The average Bonchev–Trinajstić information content (AvgIpc) is 2.35. The number of aromatic nitrogens is 1. The lowest BCUT2D eigenvalue weighted by Crippen LogP contribution is -1.91. The molecular formula is C13H12ClN3. The van der Waals surface area contributed by atoms with Gasteiger partial charge in [0.05, 0.1) is 11.9 Å². The highest BCUT2D eigenvalue weighted by atomic mass is 35.5. The number of nitrogens with zero attached hydrogens (tertiary/aromatic N) is 2. The molecule has 0 bridgehead atoms. The van der Waals surface area contributed by atoms with Gasteiger partial charge in [-0.3, -0.25) is 10.4 Å². The van der Waals surface area contributed by atoms with Gasteiger partial charge in [0.25, 0.3) is 0 Å². The Balaban J connectivity index is 2.03. The Morgan fingerprint density at radius 2 is 2.24 bits per heavy atom. The van der Waals surface area contributed by atoms with E-state index in [4.69, 9.17) is 11.6 Å². The van der Waals surface area contributed by atoms with Crippen molar-refractivity contribution in [3.8, 4) is 0 Å². The van der Waals surface area contributed by atoms with Gasteiger partial charge in [0.15, 0.2) is 0 Å². The van der Waals surface area contributed by atoms with Crippen molar-refractivity contribution in [3.63, 3.8) is 0 Å². The monoisotopic (exact) mass is 245 g/mol. The molecule has 1 aromatic carbocycles. The maximum absolute atomic E-state index is 6.01. The molecule has 17 heavy (non-hydrogen) atoms. The SMILES string of the molecule is Cc1ccc(N/N=C/c2cccnc2)cc1Cl. The lowest BCUT2D eigenvalue weighted by Gasteiger charge is -2.02. The van der Waals surface area contributed by atoms with Gasteiger partial charge in [0.1, 0.15) is 0 Å². The third-order valence-electron chi connectivity index (χ3n) is 2.26. The Kier molecular flexibility index (Phi) is 3.73. The summed E-state index contributed by atoms with van der Waals surface area (Å²) < 4.78 is 0. The number of hydrogen-bond acceptors (Lipinski definition) is 3. The van der Waals surface area contributed by atoms with E-state index in [0.717, 1.165) is 21.8 Å². The number of hydrazone groups is 1. The van der Waals surface area contributed by atoms with Gasteiger partial charge in [-0.25, -0.2) is 0 Å². The van der Waals surface area contributed by atoms with Crippen molar-refractivity contribution in [2.75, 3.05) is 5.43 Å². The van der Waals surface area contributed by atoms with Crippen LogP contribution in [0.3, 0.4) is 0 Å². The average molecular weight is 246 g/mol. The number of rotatable bonds is 3. The molecule has 4 heteroatoms. The van der Waals surface area contributed by atoms with Crippen molar-refractivity contribution >= 4 is 23.5 Å². The minimum atomic E-state index is 0.728. The highest BCUT2D eigenvalue weighted by molar-refractivity contribution is 6.31. The van der Waals surface area contributed by atoms with E-state index in [-0.39, 0.29) is 0 Å². The van der Waals surface area contributed by atoms with Crippen molar-refractivity contribution in [1.82, 2.24) is 4.98 Å². The van der Waals surface area contributed by atoms with E-state index >= 15 is 0 Å². The molecule has 0 spiro atoms. The Labute approximate surface area is 105 Å². The largest absolute Gasteiger partial charge is 0.278 e. The maximum atomic E-state index is 6.01. The topological polar surface area (TPSA) is 37.3 Å². The van der Waals surface area contributed by atoms with E-state index in [0.29, 0.717) is 0 Å². The number of anilines is 1. The van der Waals surface area contributed by atoms with E-state index in [1.165, 1.54) is 0 Å². The molecule has 0 atom stereocenters. The molecule has 3 nitrogen and oxygen atoms in total. The van der Waals surface area contributed by atoms with Gasteiger partial charge in [-0.1, -0.05) is 23.7 Å². The van der Waals surface area contributed by atoms with E-state index < -0.39 is 0 Å². The molecule has 86 valence electrons. The van der Waals surface area contributed by atoms with Gasteiger partial charge < -0.3 is 0 Å². The zero-order valence-electron chi connectivity index (χ0n) is 9.39. The van der Waals surface area contributed by atoms with Crippen molar-refractivity contribution in [1.29, 1.82) is 0 Å². The summed E-state index contributed by atoms with van der Waals surface area (Å²) in [6, 6.07) is 9.52. The summed E-state index contributed by atoms with van der Waals surface area (Å²) in [7, 11) is 0. The fourth-order valence-electron chi connectivity index (χ4n) is 1.30. The molecule has 1 aromatic heterocycles. The molecule has 0 radical (unpaired) electrons. The molecule has 0 fully saturated rings. The summed E-state index contributed by atoms with van der Waals surface area (Å²) in [6.45, 7) is 1.96. The molecule has 0 amide bonds. The van der Waals surface area contributed by atoms with Crippen LogP contribution < -0.4 is 5.43 Å². The summed E-state index contributed by atoms with van der Waals surface area (Å²) in [4.78, 5) is 4.00. The van der Waals surface area contributed by atoms with Crippen LogP contribution in [0.1, 0.15) is 11.1 Å². The fraction of sp³-hybridized carbons (Fsp3) is 0.0769. The predicted molar refractivity (Wildman–Crippen MR) is 71.6 cm³/mol. The van der Waals surface area contributed by atoms with Crippen molar-refractivity contribution in [2.24, 2.45) is 5.10 Å². The minimum Gasteiger partial charge on any atom is -0.278 e. The highest BCUT2D eigenvalue weighted by Crippen LogP contribution is 2.19. The zero-order valence-corrected chi connectivity index (χ0v) is 10.1. The second-order valence-corrected chi connectivity index (χ2v) is 4.03. The van der Waals surface area contributed by atoms with E-state index in [9.17, 15) is 0 Å². The number of halogens is 1. The molecule has 1 heterocycles. The lowest BCUT2D eigenvalue weighted by atomic mass is 10.2. The van der Waals surface area contributed by atoms with Gasteiger partial charge in [-0.15, -0.1) is 0 Å². The van der Waals surface area contributed by atoms with Crippen LogP contribution in [-0.4, -0.2) is 11.2 Å². The van der Waals surface area contributed by atoms with Crippen LogP contribution >= 0.6 is 11.6 Å². The maximum Gasteiger partial charge on any atom is 0.0576 e. The van der Waals surface area contributed by atoms with Crippen LogP contribution in [-0.2, 0) is 0 Å². The smallest absolute Gasteiger partial charge is 0.0576 e. The van der Waals surface area contributed by atoms with E-state index in [1.54, 1.807) is 18.6 Å². The molecule has 0 aliphatic rings.